The Morgan fingerprint density at radius 3 is 2.37 bits per heavy atom. The fraction of sp³-hybridized carbons (Fsp3) is 0.857. The third-order valence-electron chi connectivity index (χ3n) is 4.56. The van der Waals surface area contributed by atoms with Gasteiger partial charge in [0.2, 0.25) is 5.91 Å². The van der Waals surface area contributed by atoms with Crippen molar-refractivity contribution in [1.29, 1.82) is 0 Å². The lowest BCUT2D eigenvalue weighted by atomic mass is 9.80. The molecule has 108 valence electrons. The molecule has 0 radical (unpaired) electrons. The van der Waals surface area contributed by atoms with E-state index in [2.05, 4.69) is 10.2 Å². The third-order valence-corrected chi connectivity index (χ3v) is 4.56. The minimum absolute atomic E-state index is 0.0887. The lowest BCUT2D eigenvalue weighted by molar-refractivity contribution is -0.150. The molecule has 2 N–H and O–H groups in total. The van der Waals surface area contributed by atoms with Crippen LogP contribution in [0.15, 0.2) is 0 Å². The molecule has 5 heteroatoms. The maximum atomic E-state index is 11.9. The van der Waals surface area contributed by atoms with E-state index >= 15 is 0 Å². The molecule has 19 heavy (non-hydrogen) atoms. The second kappa shape index (κ2) is 5.90. The molecule has 1 aliphatic heterocycles. The van der Waals surface area contributed by atoms with Crippen LogP contribution in [0.25, 0.3) is 0 Å². The summed E-state index contributed by atoms with van der Waals surface area (Å²) in [6, 6.07) is 0.363. The fourth-order valence-corrected chi connectivity index (χ4v) is 2.97. The Kier molecular flexibility index (Phi) is 4.45. The smallest absolute Gasteiger partial charge is 0.309 e. The van der Waals surface area contributed by atoms with Gasteiger partial charge in [-0.3, -0.25) is 14.5 Å². The van der Waals surface area contributed by atoms with Crippen LogP contribution >= 0.6 is 0 Å². The van der Waals surface area contributed by atoms with Crippen molar-refractivity contribution in [1.82, 2.24) is 10.2 Å². The summed E-state index contributed by atoms with van der Waals surface area (Å²) in [4.78, 5) is 25.1. The number of aliphatic carboxylic acids is 1. The van der Waals surface area contributed by atoms with Crippen LogP contribution in [0.3, 0.4) is 0 Å². The van der Waals surface area contributed by atoms with Gasteiger partial charge in [-0.15, -0.1) is 0 Å². The number of carbonyl (C=O) groups is 2. The minimum atomic E-state index is -0.720. The van der Waals surface area contributed by atoms with Crippen LogP contribution in [0, 0.1) is 5.41 Å². The summed E-state index contributed by atoms with van der Waals surface area (Å²) in [6.45, 7) is 3.60. The Balaban J connectivity index is 1.73. The molecule has 0 bridgehead atoms. The average Bonchev–Trinajstić information content (AvgIpc) is 2.85. The topological polar surface area (TPSA) is 69.6 Å². The average molecular weight is 268 g/mol. The Bertz CT molecular complexity index is 343. The van der Waals surface area contributed by atoms with Crippen LogP contribution in [0.1, 0.15) is 45.4 Å². The molecule has 0 atom stereocenters. The molecule has 1 amide bonds. The van der Waals surface area contributed by atoms with E-state index in [0.717, 1.165) is 12.8 Å². The highest BCUT2D eigenvalue weighted by Gasteiger charge is 2.37. The van der Waals surface area contributed by atoms with Crippen molar-refractivity contribution < 1.29 is 14.7 Å². The largest absolute Gasteiger partial charge is 0.481 e. The fourth-order valence-electron chi connectivity index (χ4n) is 2.97. The molecule has 2 fully saturated rings. The van der Waals surface area contributed by atoms with Crippen molar-refractivity contribution in [2.24, 2.45) is 5.41 Å². The zero-order valence-electron chi connectivity index (χ0n) is 11.7. The van der Waals surface area contributed by atoms with E-state index in [0.29, 0.717) is 38.5 Å². The van der Waals surface area contributed by atoms with Crippen LogP contribution in [-0.4, -0.2) is 47.6 Å². The first-order valence-corrected chi connectivity index (χ1v) is 7.25. The van der Waals surface area contributed by atoms with Crippen molar-refractivity contribution in [3.05, 3.63) is 0 Å². The number of carboxylic acid groups (broad SMARTS) is 1. The van der Waals surface area contributed by atoms with Crippen LogP contribution in [0.4, 0.5) is 0 Å². The number of amides is 1. The van der Waals surface area contributed by atoms with E-state index in [-0.39, 0.29) is 5.91 Å². The molecular formula is C14H24N2O3. The standard InChI is InChI=1S/C14H24N2O3/c1-14(13(18)19)6-8-16(9-7-14)10-12(17)15-11-4-2-3-5-11/h11H,2-10H2,1H3,(H,15,17)(H,18,19). The molecule has 2 aliphatic rings. The number of piperidine rings is 1. The maximum absolute atomic E-state index is 11.9. The van der Waals surface area contributed by atoms with Gasteiger partial charge in [0.05, 0.1) is 12.0 Å². The first-order chi connectivity index (χ1) is 8.99. The van der Waals surface area contributed by atoms with Gasteiger partial charge in [0.1, 0.15) is 0 Å². The van der Waals surface area contributed by atoms with E-state index in [4.69, 9.17) is 5.11 Å². The van der Waals surface area contributed by atoms with Crippen molar-refractivity contribution >= 4 is 11.9 Å². The van der Waals surface area contributed by atoms with Crippen LogP contribution < -0.4 is 5.32 Å². The normalized spacial score (nSPS) is 24.3. The number of carboxylic acids is 1. The predicted octanol–water partition coefficient (Wildman–Crippen LogP) is 1.23. The Morgan fingerprint density at radius 1 is 1.26 bits per heavy atom. The van der Waals surface area contributed by atoms with Crippen LogP contribution in [0.2, 0.25) is 0 Å². The highest BCUT2D eigenvalue weighted by molar-refractivity contribution is 5.78. The number of nitrogens with one attached hydrogen (secondary N) is 1. The molecule has 1 aliphatic carbocycles. The zero-order chi connectivity index (χ0) is 13.9. The Labute approximate surface area is 114 Å². The SMILES string of the molecule is CC1(C(=O)O)CCN(CC(=O)NC2CCCC2)CC1. The first-order valence-electron chi connectivity index (χ1n) is 7.25. The number of nitrogens with zero attached hydrogens (tertiary/aromatic N) is 1. The van der Waals surface area contributed by atoms with Gasteiger partial charge in [0.25, 0.3) is 0 Å². The Hall–Kier alpha value is -1.10. The predicted molar refractivity (Wildman–Crippen MR) is 71.8 cm³/mol. The molecule has 5 nitrogen and oxygen atoms in total. The first kappa shape index (κ1) is 14.3. The van der Waals surface area contributed by atoms with E-state index in [1.807, 2.05) is 0 Å². The highest BCUT2D eigenvalue weighted by Crippen LogP contribution is 2.30. The molecule has 1 heterocycles. The van der Waals surface area contributed by atoms with Crippen molar-refractivity contribution in [3.63, 3.8) is 0 Å². The van der Waals surface area contributed by atoms with Gasteiger partial charge in [-0.05, 0) is 45.7 Å². The Morgan fingerprint density at radius 2 is 1.84 bits per heavy atom. The van der Waals surface area contributed by atoms with Crippen molar-refractivity contribution in [2.75, 3.05) is 19.6 Å². The minimum Gasteiger partial charge on any atom is -0.481 e. The van der Waals surface area contributed by atoms with Gasteiger partial charge in [-0.1, -0.05) is 12.8 Å². The molecule has 0 spiro atoms. The van der Waals surface area contributed by atoms with Gasteiger partial charge in [-0.2, -0.15) is 0 Å². The monoisotopic (exact) mass is 268 g/mol. The van der Waals surface area contributed by atoms with E-state index in [1.165, 1.54) is 12.8 Å². The van der Waals surface area contributed by atoms with Crippen LogP contribution in [0.5, 0.6) is 0 Å². The van der Waals surface area contributed by atoms with Gasteiger partial charge in [0, 0.05) is 6.04 Å². The third kappa shape index (κ3) is 3.69. The van der Waals surface area contributed by atoms with Crippen molar-refractivity contribution in [2.45, 2.75) is 51.5 Å². The summed E-state index contributed by atoms with van der Waals surface area (Å²) >= 11 is 0. The quantitative estimate of drug-likeness (QED) is 0.804. The lowest BCUT2D eigenvalue weighted by Gasteiger charge is -2.36. The van der Waals surface area contributed by atoms with E-state index in [1.54, 1.807) is 6.92 Å². The number of hydrogen-bond acceptors (Lipinski definition) is 3. The zero-order valence-corrected chi connectivity index (χ0v) is 11.7. The van der Waals surface area contributed by atoms with Crippen molar-refractivity contribution in [3.8, 4) is 0 Å². The molecule has 0 aromatic rings. The summed E-state index contributed by atoms with van der Waals surface area (Å²) in [5, 5.41) is 12.2. The molecule has 1 saturated carbocycles. The molecule has 2 rings (SSSR count). The molecule has 0 aromatic heterocycles. The van der Waals surface area contributed by atoms with Gasteiger partial charge in [0.15, 0.2) is 0 Å². The highest BCUT2D eigenvalue weighted by atomic mass is 16.4. The maximum Gasteiger partial charge on any atom is 0.309 e. The lowest BCUT2D eigenvalue weighted by Crippen LogP contribution is -2.47. The molecular weight excluding hydrogens is 244 g/mol. The number of hydrogen-bond donors (Lipinski definition) is 2. The molecule has 0 aromatic carbocycles. The number of rotatable bonds is 4. The van der Waals surface area contributed by atoms with Crippen LogP contribution in [-0.2, 0) is 9.59 Å². The summed E-state index contributed by atoms with van der Waals surface area (Å²) in [5.74, 6) is -0.631. The second-order valence-corrected chi connectivity index (χ2v) is 6.19. The van der Waals surface area contributed by atoms with Gasteiger partial charge >= 0.3 is 5.97 Å². The number of likely N-dealkylation sites (tertiary alicyclic amines) is 1. The summed E-state index contributed by atoms with van der Waals surface area (Å²) in [7, 11) is 0. The molecule has 0 unspecified atom stereocenters. The number of carbonyl (C=O) groups excluding carboxylic acids is 1. The van der Waals surface area contributed by atoms with Gasteiger partial charge in [-0.25, -0.2) is 0 Å². The summed E-state index contributed by atoms with van der Waals surface area (Å²) < 4.78 is 0. The summed E-state index contributed by atoms with van der Waals surface area (Å²) in [5.41, 5.74) is -0.613. The summed E-state index contributed by atoms with van der Waals surface area (Å²) in [6.07, 6.45) is 5.88. The van der Waals surface area contributed by atoms with E-state index < -0.39 is 11.4 Å². The van der Waals surface area contributed by atoms with E-state index in [9.17, 15) is 9.59 Å². The van der Waals surface area contributed by atoms with Gasteiger partial charge < -0.3 is 10.4 Å². The second-order valence-electron chi connectivity index (χ2n) is 6.19. The molecule has 1 saturated heterocycles.